The number of hydrogen-bond donors (Lipinski definition) is 0. The Balaban J connectivity index is 3.88. The Bertz CT molecular complexity index is 180. The van der Waals surface area contributed by atoms with Crippen molar-refractivity contribution in [3.05, 3.63) is 0 Å². The molecule has 122 valence electrons. The lowest BCUT2D eigenvalue weighted by molar-refractivity contribution is -0.910. The second-order valence-corrected chi connectivity index (χ2v) is 7.97. The molecular weight excluding hydrogens is 258 g/mol. The number of unbranched alkanes of at least 4 members (excludes halogenated alkanes) is 8. The van der Waals surface area contributed by atoms with Gasteiger partial charge in [-0.2, -0.15) is 0 Å². The molecule has 0 aromatic heterocycles. The van der Waals surface area contributed by atoms with Crippen LogP contribution in [0.15, 0.2) is 0 Å². The lowest BCUT2D eigenvalue weighted by Crippen LogP contribution is -2.46. The first-order chi connectivity index (χ1) is 9.68. The van der Waals surface area contributed by atoms with E-state index in [9.17, 15) is 0 Å². The van der Waals surface area contributed by atoms with Crippen molar-refractivity contribution in [3.8, 4) is 0 Å². The van der Waals surface area contributed by atoms with Crippen molar-refractivity contribution >= 4 is 10.2 Å². The van der Waals surface area contributed by atoms with Crippen LogP contribution >= 0.6 is 0 Å². The molecule has 0 aliphatic carbocycles. The maximum atomic E-state index is 2.52. The quantitative estimate of drug-likeness (QED) is 0.236. The summed E-state index contributed by atoms with van der Waals surface area (Å²) in [5.41, 5.74) is 0. The normalized spacial score (nSPS) is 12.2. The van der Waals surface area contributed by atoms with Gasteiger partial charge >= 0.3 is 0 Å². The maximum Gasteiger partial charge on any atom is 0.0784 e. The number of rotatable bonds is 15. The molecule has 0 aliphatic rings. The Morgan fingerprint density at radius 1 is 0.600 bits per heavy atom. The Labute approximate surface area is 132 Å². The fourth-order valence-corrected chi connectivity index (χ4v) is 3.39. The van der Waals surface area contributed by atoms with Crippen molar-refractivity contribution in [2.24, 2.45) is 0 Å². The molecular formula is C18H42NSi+. The molecule has 0 aromatic rings. The molecule has 20 heavy (non-hydrogen) atoms. The van der Waals surface area contributed by atoms with E-state index in [2.05, 4.69) is 20.9 Å². The first kappa shape index (κ1) is 20.2. The molecule has 1 nitrogen and oxygen atoms in total. The van der Waals surface area contributed by atoms with Crippen LogP contribution in [0.2, 0.25) is 6.04 Å². The van der Waals surface area contributed by atoms with Crippen molar-refractivity contribution in [3.63, 3.8) is 0 Å². The SMILES string of the molecule is CCCCCCC[N+](C)(CCC[SiH3])CCCCCCC. The Kier molecular flexibility index (Phi) is 14.3. The minimum Gasteiger partial charge on any atom is -0.326 e. The van der Waals surface area contributed by atoms with Gasteiger partial charge in [-0.3, -0.25) is 0 Å². The van der Waals surface area contributed by atoms with Gasteiger partial charge in [0.1, 0.15) is 0 Å². The summed E-state index contributed by atoms with van der Waals surface area (Å²) in [4.78, 5) is 0. The van der Waals surface area contributed by atoms with Crippen molar-refractivity contribution < 1.29 is 4.48 Å². The molecule has 0 saturated heterocycles. The summed E-state index contributed by atoms with van der Waals surface area (Å²) >= 11 is 0. The summed E-state index contributed by atoms with van der Waals surface area (Å²) in [6, 6.07) is 1.49. The van der Waals surface area contributed by atoms with Crippen LogP contribution in [0.1, 0.15) is 84.5 Å². The molecule has 0 atom stereocenters. The monoisotopic (exact) mass is 300 g/mol. The van der Waals surface area contributed by atoms with Gasteiger partial charge < -0.3 is 4.48 Å². The second kappa shape index (κ2) is 14.1. The third-order valence-electron chi connectivity index (χ3n) is 4.65. The van der Waals surface area contributed by atoms with Crippen LogP contribution in [0, 0.1) is 0 Å². The molecule has 0 aromatic carbocycles. The number of nitrogens with zero attached hydrogens (tertiary/aromatic N) is 1. The lowest BCUT2D eigenvalue weighted by Gasteiger charge is -2.35. The second-order valence-electron chi connectivity index (χ2n) is 6.97. The summed E-state index contributed by atoms with van der Waals surface area (Å²) in [6.45, 7) is 8.91. The molecule has 0 bridgehead atoms. The summed E-state index contributed by atoms with van der Waals surface area (Å²) in [5, 5.41) is 0. The fraction of sp³-hybridized carbons (Fsp3) is 1.00. The van der Waals surface area contributed by atoms with Gasteiger partial charge in [0.15, 0.2) is 0 Å². The summed E-state index contributed by atoms with van der Waals surface area (Å²) in [7, 11) is 3.91. The van der Waals surface area contributed by atoms with E-state index in [0.717, 1.165) is 0 Å². The van der Waals surface area contributed by atoms with Crippen molar-refractivity contribution in [2.75, 3.05) is 26.7 Å². The van der Waals surface area contributed by atoms with E-state index in [1.807, 2.05) is 0 Å². The van der Waals surface area contributed by atoms with Gasteiger partial charge in [-0.25, -0.2) is 0 Å². The van der Waals surface area contributed by atoms with Crippen LogP contribution in [0.4, 0.5) is 0 Å². The van der Waals surface area contributed by atoms with E-state index in [0.29, 0.717) is 0 Å². The van der Waals surface area contributed by atoms with Gasteiger partial charge in [-0.1, -0.05) is 58.4 Å². The summed E-state index contributed by atoms with van der Waals surface area (Å²) < 4.78 is 1.36. The average Bonchev–Trinajstić information content (AvgIpc) is 2.45. The molecule has 0 fully saturated rings. The molecule has 0 unspecified atom stereocenters. The third-order valence-corrected chi connectivity index (χ3v) is 5.36. The van der Waals surface area contributed by atoms with Crippen LogP contribution in [0.25, 0.3) is 0 Å². The van der Waals surface area contributed by atoms with Crippen molar-refractivity contribution in [1.29, 1.82) is 0 Å². The van der Waals surface area contributed by atoms with Crippen LogP contribution in [0.5, 0.6) is 0 Å². The first-order valence-corrected chi connectivity index (χ1v) is 10.9. The van der Waals surface area contributed by atoms with Crippen molar-refractivity contribution in [2.45, 2.75) is 90.5 Å². The maximum absolute atomic E-state index is 2.52. The van der Waals surface area contributed by atoms with Gasteiger partial charge in [0.05, 0.1) is 26.7 Å². The highest BCUT2D eigenvalue weighted by Crippen LogP contribution is 2.14. The number of quaternary nitrogens is 1. The predicted octanol–water partition coefficient (Wildman–Crippen LogP) is 4.55. The zero-order valence-electron chi connectivity index (χ0n) is 15.1. The lowest BCUT2D eigenvalue weighted by atomic mass is 10.1. The van der Waals surface area contributed by atoms with E-state index in [1.165, 1.54) is 111 Å². The standard InChI is InChI=1S/C18H42NSi/c1-4-6-8-10-12-15-19(3,17-14-18-20)16-13-11-9-7-5-2/h4-18H2,1-3,20H3/q+1. The zero-order chi connectivity index (χ0) is 15.1. The molecule has 0 amide bonds. The summed E-state index contributed by atoms with van der Waals surface area (Å²) in [5.74, 6) is 0. The smallest absolute Gasteiger partial charge is 0.0784 e. The Hall–Kier alpha value is 0.177. The zero-order valence-corrected chi connectivity index (χ0v) is 17.1. The highest BCUT2D eigenvalue weighted by molar-refractivity contribution is 6.08. The van der Waals surface area contributed by atoms with Gasteiger partial charge in [-0.05, 0) is 32.1 Å². The molecule has 2 heteroatoms. The highest BCUT2D eigenvalue weighted by atomic mass is 28.1. The van der Waals surface area contributed by atoms with Gasteiger partial charge in [0, 0.05) is 10.2 Å². The highest BCUT2D eigenvalue weighted by Gasteiger charge is 2.19. The Morgan fingerprint density at radius 2 is 1.00 bits per heavy atom. The van der Waals surface area contributed by atoms with E-state index < -0.39 is 0 Å². The van der Waals surface area contributed by atoms with Crippen LogP contribution in [0.3, 0.4) is 0 Å². The minimum atomic E-state index is 1.36. The van der Waals surface area contributed by atoms with Crippen molar-refractivity contribution in [1.82, 2.24) is 0 Å². The molecule has 0 rings (SSSR count). The van der Waals surface area contributed by atoms with Crippen LogP contribution in [-0.2, 0) is 0 Å². The average molecular weight is 301 g/mol. The predicted molar refractivity (Wildman–Crippen MR) is 97.7 cm³/mol. The molecule has 0 spiro atoms. The minimum absolute atomic E-state index is 1.36. The molecule has 0 radical (unpaired) electrons. The first-order valence-electron chi connectivity index (χ1n) is 9.52. The van der Waals surface area contributed by atoms with Crippen LogP contribution < -0.4 is 0 Å². The summed E-state index contributed by atoms with van der Waals surface area (Å²) in [6.07, 6.45) is 15.8. The molecule has 0 aliphatic heterocycles. The van der Waals surface area contributed by atoms with Gasteiger partial charge in [0.25, 0.3) is 0 Å². The van der Waals surface area contributed by atoms with E-state index in [-0.39, 0.29) is 0 Å². The third kappa shape index (κ3) is 12.0. The largest absolute Gasteiger partial charge is 0.326 e. The van der Waals surface area contributed by atoms with E-state index >= 15 is 0 Å². The number of hydrogen-bond acceptors (Lipinski definition) is 0. The fourth-order valence-electron chi connectivity index (χ4n) is 3.07. The van der Waals surface area contributed by atoms with Gasteiger partial charge in [-0.15, -0.1) is 0 Å². The molecule has 0 heterocycles. The van der Waals surface area contributed by atoms with Gasteiger partial charge in [0.2, 0.25) is 0 Å². The Morgan fingerprint density at radius 3 is 1.40 bits per heavy atom. The van der Waals surface area contributed by atoms with E-state index in [4.69, 9.17) is 0 Å². The van der Waals surface area contributed by atoms with E-state index in [1.54, 1.807) is 0 Å². The molecule has 0 saturated carbocycles. The topological polar surface area (TPSA) is 0 Å². The van der Waals surface area contributed by atoms with Crippen LogP contribution in [-0.4, -0.2) is 41.4 Å². The molecule has 0 N–H and O–H groups in total.